The van der Waals surface area contributed by atoms with Gasteiger partial charge in [0.15, 0.2) is 0 Å². The van der Waals surface area contributed by atoms with Gasteiger partial charge in [-0.1, -0.05) is 0 Å². The number of amides is 2. The maximum Gasteiger partial charge on any atom is 0.303 e. The predicted molar refractivity (Wildman–Crippen MR) is 156 cm³/mol. The van der Waals surface area contributed by atoms with Gasteiger partial charge in [0.25, 0.3) is 0 Å². The molecule has 3 aliphatic rings. The maximum atomic E-state index is 12.8. The Bertz CT molecular complexity index is 704. The molecule has 236 valence electrons. The van der Waals surface area contributed by atoms with Crippen molar-refractivity contribution in [3.63, 3.8) is 0 Å². The Hall–Kier alpha value is -2.36. The molecule has 3 rings (SSSR count). The number of hydrogen-bond acceptors (Lipinski definition) is 10. The number of rotatable bonds is 10. The number of fused-ring (bicyclic) bond motifs is 18. The fourth-order valence-corrected chi connectivity index (χ4v) is 5.14. The van der Waals surface area contributed by atoms with Crippen molar-refractivity contribution in [1.29, 1.82) is 0 Å². The summed E-state index contributed by atoms with van der Waals surface area (Å²) < 4.78 is 0. The standard InChI is InChI=1S/C27H52N8O6/c36-22(6-1-8-24(38)39)34-26-16-28-10-3-13-31-19-27(20-32-14-4-11-29-17-26,21-33-15-5-12-30-18-26)35-23(37)7-2-9-25(40)41/h28-33H,1-21H2,(H,34,36)(H,35,37)(H,38,39)(H,40,41). The molecule has 0 spiro atoms. The van der Waals surface area contributed by atoms with Crippen LogP contribution in [0.3, 0.4) is 0 Å². The molecule has 0 radical (unpaired) electrons. The van der Waals surface area contributed by atoms with Crippen LogP contribution in [0.5, 0.6) is 0 Å². The van der Waals surface area contributed by atoms with Crippen LogP contribution in [-0.2, 0) is 19.2 Å². The Morgan fingerprint density at radius 2 is 0.756 bits per heavy atom. The van der Waals surface area contributed by atoms with Gasteiger partial charge in [-0.3, -0.25) is 19.2 Å². The third-order valence-electron chi connectivity index (χ3n) is 7.30. The molecule has 0 aromatic carbocycles. The van der Waals surface area contributed by atoms with E-state index in [9.17, 15) is 19.2 Å². The van der Waals surface area contributed by atoms with Gasteiger partial charge in [-0.05, 0) is 71.4 Å². The second-order valence-corrected chi connectivity index (χ2v) is 11.3. The van der Waals surface area contributed by atoms with Crippen molar-refractivity contribution >= 4 is 23.8 Å². The molecule has 3 heterocycles. The minimum Gasteiger partial charge on any atom is -0.481 e. The van der Waals surface area contributed by atoms with Gasteiger partial charge in [-0.15, -0.1) is 0 Å². The van der Waals surface area contributed by atoms with Gasteiger partial charge in [0.1, 0.15) is 0 Å². The molecule has 0 aromatic rings. The highest BCUT2D eigenvalue weighted by Gasteiger charge is 2.33. The number of nitrogens with one attached hydrogen (secondary N) is 8. The maximum absolute atomic E-state index is 12.8. The average Bonchev–Trinajstić information content (AvgIpc) is 2.89. The zero-order chi connectivity index (χ0) is 29.8. The second-order valence-electron chi connectivity index (χ2n) is 11.3. The first-order valence-corrected chi connectivity index (χ1v) is 15.0. The van der Waals surface area contributed by atoms with Gasteiger partial charge in [0.05, 0.1) is 11.1 Å². The normalized spacial score (nSPS) is 25.9. The molecule has 3 fully saturated rings. The number of hydrogen-bond donors (Lipinski definition) is 10. The van der Waals surface area contributed by atoms with Gasteiger partial charge in [-0.25, -0.2) is 0 Å². The van der Waals surface area contributed by atoms with Crippen molar-refractivity contribution in [2.24, 2.45) is 0 Å². The van der Waals surface area contributed by atoms with Gasteiger partial charge in [0.2, 0.25) is 11.8 Å². The van der Waals surface area contributed by atoms with E-state index in [-0.39, 0.29) is 37.5 Å². The minimum absolute atomic E-state index is 0.0299. The zero-order valence-electron chi connectivity index (χ0n) is 24.4. The Labute approximate surface area is 243 Å². The number of carbonyl (C=O) groups excluding carboxylic acids is 2. The molecule has 0 aliphatic carbocycles. The largest absolute Gasteiger partial charge is 0.481 e. The Morgan fingerprint density at radius 1 is 0.488 bits per heavy atom. The number of aliphatic carboxylic acids is 2. The number of carbonyl (C=O) groups is 4. The first-order valence-electron chi connectivity index (χ1n) is 15.0. The van der Waals surface area contributed by atoms with E-state index >= 15 is 0 Å². The summed E-state index contributed by atoms with van der Waals surface area (Å²) in [6.07, 6.45) is 3.41. The molecule has 0 aromatic heterocycles. The Balaban J connectivity index is 2.12. The van der Waals surface area contributed by atoms with E-state index in [1.54, 1.807) is 0 Å². The molecule has 0 unspecified atom stereocenters. The van der Waals surface area contributed by atoms with Crippen LogP contribution in [0.25, 0.3) is 0 Å². The molecule has 14 nitrogen and oxygen atoms in total. The molecule has 2 bridgehead atoms. The van der Waals surface area contributed by atoms with Gasteiger partial charge >= 0.3 is 11.9 Å². The van der Waals surface area contributed by atoms with E-state index in [2.05, 4.69) is 42.5 Å². The van der Waals surface area contributed by atoms with Crippen molar-refractivity contribution in [3.05, 3.63) is 0 Å². The summed E-state index contributed by atoms with van der Waals surface area (Å²) in [5.74, 6) is -2.10. The predicted octanol–water partition coefficient (Wildman–Crippen LogP) is -2.06. The number of carboxylic acids is 2. The van der Waals surface area contributed by atoms with Crippen LogP contribution in [0.15, 0.2) is 0 Å². The SMILES string of the molecule is O=C(O)CCCC(=O)NC12CNCCCNCC(NC(=O)CCCC(=O)O)(CNCCCNC1)CNCCCNC2. The summed E-state index contributed by atoms with van der Waals surface area (Å²) in [7, 11) is 0. The van der Waals surface area contributed by atoms with Crippen LogP contribution >= 0.6 is 0 Å². The summed E-state index contributed by atoms with van der Waals surface area (Å²) in [4.78, 5) is 47.4. The molecule has 10 N–H and O–H groups in total. The highest BCUT2D eigenvalue weighted by atomic mass is 16.4. The summed E-state index contributed by atoms with van der Waals surface area (Å²) in [6.45, 7) is 7.75. The lowest BCUT2D eigenvalue weighted by atomic mass is 9.96. The quantitative estimate of drug-likeness (QED) is 0.135. The molecule has 3 saturated heterocycles. The smallest absolute Gasteiger partial charge is 0.303 e. The van der Waals surface area contributed by atoms with Crippen LogP contribution in [0.4, 0.5) is 0 Å². The monoisotopic (exact) mass is 584 g/mol. The Kier molecular flexibility index (Phi) is 16.7. The first-order chi connectivity index (χ1) is 19.7. The fraction of sp³-hybridized carbons (Fsp3) is 0.852. The Morgan fingerprint density at radius 3 is 1.00 bits per heavy atom. The molecule has 3 aliphatic heterocycles. The fourth-order valence-electron chi connectivity index (χ4n) is 5.14. The summed E-state index contributed by atoms with van der Waals surface area (Å²) in [5, 5.41) is 45.3. The van der Waals surface area contributed by atoms with Crippen molar-refractivity contribution in [2.75, 3.05) is 78.5 Å². The molecule has 41 heavy (non-hydrogen) atoms. The summed E-state index contributed by atoms with van der Waals surface area (Å²) in [6, 6.07) is 0. The van der Waals surface area contributed by atoms with E-state index < -0.39 is 23.0 Å². The van der Waals surface area contributed by atoms with E-state index in [1.807, 2.05) is 0 Å². The van der Waals surface area contributed by atoms with Gasteiger partial charge in [-0.2, -0.15) is 0 Å². The van der Waals surface area contributed by atoms with Crippen LogP contribution in [0, 0.1) is 0 Å². The first kappa shape index (κ1) is 34.8. The van der Waals surface area contributed by atoms with Gasteiger partial charge in [0, 0.05) is 65.0 Å². The highest BCUT2D eigenvalue weighted by molar-refractivity contribution is 5.78. The summed E-state index contributed by atoms with van der Waals surface area (Å²) >= 11 is 0. The van der Waals surface area contributed by atoms with Crippen LogP contribution in [0.2, 0.25) is 0 Å². The minimum atomic E-state index is -0.901. The third kappa shape index (κ3) is 15.4. The van der Waals surface area contributed by atoms with Crippen LogP contribution in [-0.4, -0.2) is 124 Å². The molecular weight excluding hydrogens is 532 g/mol. The topological polar surface area (TPSA) is 205 Å². The van der Waals surface area contributed by atoms with Crippen molar-refractivity contribution in [1.82, 2.24) is 42.5 Å². The van der Waals surface area contributed by atoms with Crippen molar-refractivity contribution < 1.29 is 29.4 Å². The molecular formula is C27H52N8O6. The summed E-state index contributed by atoms with van der Waals surface area (Å²) in [5.41, 5.74) is -1.13. The van der Waals surface area contributed by atoms with E-state index in [4.69, 9.17) is 10.2 Å². The lowest BCUT2D eigenvalue weighted by Crippen LogP contribution is -2.66. The average molecular weight is 585 g/mol. The van der Waals surface area contributed by atoms with Gasteiger partial charge < -0.3 is 52.7 Å². The number of carboxylic acid groups (broad SMARTS) is 2. The zero-order valence-corrected chi connectivity index (χ0v) is 24.4. The van der Waals surface area contributed by atoms with E-state index in [0.717, 1.165) is 58.5 Å². The lowest BCUT2D eigenvalue weighted by molar-refractivity contribution is -0.138. The van der Waals surface area contributed by atoms with Crippen LogP contribution < -0.4 is 42.5 Å². The molecule has 0 saturated carbocycles. The molecule has 0 atom stereocenters. The third-order valence-corrected chi connectivity index (χ3v) is 7.30. The van der Waals surface area contributed by atoms with Crippen molar-refractivity contribution in [3.8, 4) is 0 Å². The van der Waals surface area contributed by atoms with Crippen LogP contribution in [0.1, 0.15) is 57.8 Å². The molecule has 2 amide bonds. The molecule has 14 heteroatoms. The van der Waals surface area contributed by atoms with E-state index in [1.165, 1.54) is 0 Å². The second kappa shape index (κ2) is 19.7. The highest BCUT2D eigenvalue weighted by Crippen LogP contribution is 2.08. The van der Waals surface area contributed by atoms with Crippen molar-refractivity contribution in [2.45, 2.75) is 68.9 Å². The lowest BCUT2D eigenvalue weighted by Gasteiger charge is -2.38. The van der Waals surface area contributed by atoms with E-state index in [0.29, 0.717) is 52.1 Å².